The lowest BCUT2D eigenvalue weighted by atomic mass is 10.0. The number of hydrogen-bond acceptors (Lipinski definition) is 3. The SMILES string of the molecule is Cn1cnnc1CCNC(=O)CCc1ccc2ccccc2c1. The van der Waals surface area contributed by atoms with Crippen LogP contribution in [0.25, 0.3) is 10.8 Å². The number of aromatic nitrogens is 3. The molecule has 1 N–H and O–H groups in total. The Hall–Kier alpha value is -2.69. The number of nitrogens with one attached hydrogen (secondary N) is 1. The molecule has 1 amide bonds. The quantitative estimate of drug-likeness (QED) is 0.760. The van der Waals surface area contributed by atoms with Crippen molar-refractivity contribution in [1.82, 2.24) is 20.1 Å². The minimum absolute atomic E-state index is 0.0697. The van der Waals surface area contributed by atoms with E-state index in [2.05, 4.69) is 45.8 Å². The van der Waals surface area contributed by atoms with E-state index in [1.807, 2.05) is 23.7 Å². The molecule has 0 radical (unpaired) electrons. The number of carbonyl (C=O) groups is 1. The van der Waals surface area contributed by atoms with Gasteiger partial charge in [-0.3, -0.25) is 4.79 Å². The molecule has 23 heavy (non-hydrogen) atoms. The lowest BCUT2D eigenvalue weighted by molar-refractivity contribution is -0.121. The molecule has 0 aliphatic carbocycles. The van der Waals surface area contributed by atoms with Gasteiger partial charge in [-0.05, 0) is 22.8 Å². The largest absolute Gasteiger partial charge is 0.356 e. The van der Waals surface area contributed by atoms with Crippen LogP contribution in [0.1, 0.15) is 17.8 Å². The molecule has 1 aromatic heterocycles. The zero-order valence-corrected chi connectivity index (χ0v) is 13.2. The minimum atomic E-state index is 0.0697. The Morgan fingerprint density at radius 1 is 1.13 bits per heavy atom. The summed E-state index contributed by atoms with van der Waals surface area (Å²) in [6.07, 6.45) is 3.60. The summed E-state index contributed by atoms with van der Waals surface area (Å²) >= 11 is 0. The smallest absolute Gasteiger partial charge is 0.220 e. The summed E-state index contributed by atoms with van der Waals surface area (Å²) in [6, 6.07) is 14.6. The van der Waals surface area contributed by atoms with Crippen molar-refractivity contribution in [2.75, 3.05) is 6.54 Å². The second-order valence-electron chi connectivity index (χ2n) is 5.64. The van der Waals surface area contributed by atoms with Gasteiger partial charge in [0.1, 0.15) is 12.2 Å². The van der Waals surface area contributed by atoms with Gasteiger partial charge >= 0.3 is 0 Å². The first kappa shape index (κ1) is 15.2. The normalized spacial score (nSPS) is 10.8. The van der Waals surface area contributed by atoms with Crippen LogP contribution in [0, 0.1) is 0 Å². The maximum atomic E-state index is 11.9. The van der Waals surface area contributed by atoms with Crippen molar-refractivity contribution >= 4 is 16.7 Å². The molecule has 0 saturated carbocycles. The third-order valence-electron chi connectivity index (χ3n) is 3.93. The fourth-order valence-electron chi connectivity index (χ4n) is 2.59. The molecule has 0 bridgehead atoms. The molecule has 5 heteroatoms. The lowest BCUT2D eigenvalue weighted by Gasteiger charge is -2.06. The fourth-order valence-corrected chi connectivity index (χ4v) is 2.59. The zero-order chi connectivity index (χ0) is 16.1. The summed E-state index contributed by atoms with van der Waals surface area (Å²) in [6.45, 7) is 0.586. The minimum Gasteiger partial charge on any atom is -0.356 e. The number of amides is 1. The Morgan fingerprint density at radius 2 is 1.96 bits per heavy atom. The van der Waals surface area contributed by atoms with Crippen molar-refractivity contribution < 1.29 is 4.79 Å². The Balaban J connectivity index is 1.47. The average molecular weight is 308 g/mol. The van der Waals surface area contributed by atoms with Crippen LogP contribution in [-0.4, -0.2) is 27.2 Å². The van der Waals surface area contributed by atoms with E-state index in [9.17, 15) is 4.79 Å². The first-order valence-electron chi connectivity index (χ1n) is 7.79. The highest BCUT2D eigenvalue weighted by Gasteiger charge is 2.05. The van der Waals surface area contributed by atoms with E-state index in [-0.39, 0.29) is 5.91 Å². The van der Waals surface area contributed by atoms with Crippen LogP contribution < -0.4 is 5.32 Å². The third-order valence-corrected chi connectivity index (χ3v) is 3.93. The third kappa shape index (κ3) is 3.94. The molecule has 1 heterocycles. The maximum Gasteiger partial charge on any atom is 0.220 e. The first-order chi connectivity index (χ1) is 11.2. The molecule has 0 spiro atoms. The highest BCUT2D eigenvalue weighted by molar-refractivity contribution is 5.83. The number of rotatable bonds is 6. The van der Waals surface area contributed by atoms with Crippen molar-refractivity contribution in [2.45, 2.75) is 19.3 Å². The second-order valence-corrected chi connectivity index (χ2v) is 5.64. The standard InChI is InChI=1S/C18H20N4O/c1-22-13-20-21-17(22)10-11-19-18(23)9-7-14-6-8-15-4-2-3-5-16(15)12-14/h2-6,8,12-13H,7,9-11H2,1H3,(H,19,23). The number of benzene rings is 2. The van der Waals surface area contributed by atoms with Crippen molar-refractivity contribution in [1.29, 1.82) is 0 Å². The highest BCUT2D eigenvalue weighted by atomic mass is 16.1. The highest BCUT2D eigenvalue weighted by Crippen LogP contribution is 2.16. The van der Waals surface area contributed by atoms with E-state index in [0.717, 1.165) is 12.2 Å². The lowest BCUT2D eigenvalue weighted by Crippen LogP contribution is -2.26. The predicted octanol–water partition coefficient (Wildman–Crippen LogP) is 2.26. The molecule has 2 aromatic carbocycles. The molecular formula is C18H20N4O. The maximum absolute atomic E-state index is 11.9. The Bertz CT molecular complexity index is 809. The molecule has 0 aliphatic heterocycles. The van der Waals surface area contributed by atoms with E-state index in [1.54, 1.807) is 6.33 Å². The van der Waals surface area contributed by atoms with Crippen LogP contribution >= 0.6 is 0 Å². The van der Waals surface area contributed by atoms with Gasteiger partial charge in [-0.15, -0.1) is 10.2 Å². The zero-order valence-electron chi connectivity index (χ0n) is 13.2. The van der Waals surface area contributed by atoms with Crippen LogP contribution in [0.5, 0.6) is 0 Å². The molecule has 0 fully saturated rings. The van der Waals surface area contributed by atoms with Crippen molar-refractivity contribution in [2.24, 2.45) is 7.05 Å². The monoisotopic (exact) mass is 308 g/mol. The van der Waals surface area contributed by atoms with Crippen LogP contribution in [0.4, 0.5) is 0 Å². The number of aryl methyl sites for hydroxylation is 2. The Morgan fingerprint density at radius 3 is 2.74 bits per heavy atom. The Kier molecular flexibility index (Phi) is 4.66. The summed E-state index contributed by atoms with van der Waals surface area (Å²) in [5, 5.41) is 13.2. The summed E-state index contributed by atoms with van der Waals surface area (Å²) in [5.74, 6) is 0.945. The number of nitrogens with zero attached hydrogens (tertiary/aromatic N) is 3. The summed E-state index contributed by atoms with van der Waals surface area (Å²) < 4.78 is 1.86. The molecule has 5 nitrogen and oxygen atoms in total. The van der Waals surface area contributed by atoms with Gasteiger partial charge in [0, 0.05) is 26.4 Å². The van der Waals surface area contributed by atoms with Gasteiger partial charge in [0.05, 0.1) is 0 Å². The van der Waals surface area contributed by atoms with Crippen molar-refractivity contribution in [3.05, 3.63) is 60.2 Å². The van der Waals surface area contributed by atoms with Gasteiger partial charge in [0.15, 0.2) is 0 Å². The molecular weight excluding hydrogens is 288 g/mol. The number of hydrogen-bond donors (Lipinski definition) is 1. The van der Waals surface area contributed by atoms with Gasteiger partial charge in [0.25, 0.3) is 0 Å². The van der Waals surface area contributed by atoms with Gasteiger partial charge in [0.2, 0.25) is 5.91 Å². The van der Waals surface area contributed by atoms with E-state index in [0.29, 0.717) is 19.4 Å². The Labute approximate surface area is 135 Å². The van der Waals surface area contributed by atoms with Crippen LogP contribution in [0.3, 0.4) is 0 Å². The summed E-state index contributed by atoms with van der Waals surface area (Å²) in [7, 11) is 1.90. The molecule has 3 aromatic rings. The van der Waals surface area contributed by atoms with Gasteiger partial charge in [-0.2, -0.15) is 0 Å². The van der Waals surface area contributed by atoms with Crippen molar-refractivity contribution in [3.8, 4) is 0 Å². The fraction of sp³-hybridized carbons (Fsp3) is 0.278. The van der Waals surface area contributed by atoms with Gasteiger partial charge < -0.3 is 9.88 Å². The topological polar surface area (TPSA) is 59.8 Å². The van der Waals surface area contributed by atoms with Crippen LogP contribution in [-0.2, 0) is 24.7 Å². The predicted molar refractivity (Wildman–Crippen MR) is 90.0 cm³/mol. The van der Waals surface area contributed by atoms with Gasteiger partial charge in [-0.25, -0.2) is 0 Å². The number of carbonyl (C=O) groups excluding carboxylic acids is 1. The molecule has 118 valence electrons. The van der Waals surface area contributed by atoms with Crippen molar-refractivity contribution in [3.63, 3.8) is 0 Å². The molecule has 0 atom stereocenters. The molecule has 3 rings (SSSR count). The van der Waals surface area contributed by atoms with E-state index >= 15 is 0 Å². The van der Waals surface area contributed by atoms with E-state index in [1.165, 1.54) is 16.3 Å². The van der Waals surface area contributed by atoms with E-state index < -0.39 is 0 Å². The molecule has 0 saturated heterocycles. The van der Waals surface area contributed by atoms with E-state index in [4.69, 9.17) is 0 Å². The van der Waals surface area contributed by atoms with Crippen LogP contribution in [0.2, 0.25) is 0 Å². The number of fused-ring (bicyclic) bond motifs is 1. The summed E-state index contributed by atoms with van der Waals surface area (Å²) in [4.78, 5) is 11.9. The molecule has 0 unspecified atom stereocenters. The molecule has 0 aliphatic rings. The average Bonchev–Trinajstić information content (AvgIpc) is 2.98. The van der Waals surface area contributed by atoms with Crippen LogP contribution in [0.15, 0.2) is 48.8 Å². The van der Waals surface area contributed by atoms with Gasteiger partial charge in [-0.1, -0.05) is 42.5 Å². The second kappa shape index (κ2) is 7.05. The first-order valence-corrected chi connectivity index (χ1v) is 7.79. The summed E-state index contributed by atoms with van der Waals surface area (Å²) in [5.41, 5.74) is 1.19.